The first kappa shape index (κ1) is 14.1. The molecule has 3 nitrogen and oxygen atoms in total. The molecule has 0 radical (unpaired) electrons. The number of ether oxygens (including phenoxy) is 1. The monoisotopic (exact) mass is 275 g/mol. The Morgan fingerprint density at radius 1 is 1.35 bits per heavy atom. The highest BCUT2D eigenvalue weighted by Crippen LogP contribution is 2.17. The lowest BCUT2D eigenvalue weighted by Gasteiger charge is -2.08. The Hall–Kier alpha value is -0.930. The number of carbonyl (C=O) groups is 1. The normalized spacial score (nSPS) is 10.4. The van der Waals surface area contributed by atoms with E-state index in [0.717, 1.165) is 18.6 Å². The van der Waals surface area contributed by atoms with Crippen LogP contribution >= 0.6 is 23.2 Å². The Balaban J connectivity index is 2.47. The predicted molar refractivity (Wildman–Crippen MR) is 71.0 cm³/mol. The molecule has 0 aliphatic carbocycles. The number of anilines is 1. The summed E-state index contributed by atoms with van der Waals surface area (Å²) in [4.78, 5) is 10.1. The molecule has 0 spiro atoms. The molecule has 0 aliphatic rings. The molecule has 0 saturated heterocycles. The van der Waals surface area contributed by atoms with E-state index < -0.39 is 10.7 Å². The highest BCUT2D eigenvalue weighted by Gasteiger charge is 2.10. The van der Waals surface area contributed by atoms with Gasteiger partial charge < -0.3 is 10.1 Å². The van der Waals surface area contributed by atoms with Gasteiger partial charge in [0.2, 0.25) is 0 Å². The summed E-state index contributed by atoms with van der Waals surface area (Å²) >= 11 is 10.8. The highest BCUT2D eigenvalue weighted by molar-refractivity contribution is 6.54. The van der Waals surface area contributed by atoms with Gasteiger partial charge in [-0.15, -0.1) is 0 Å². The highest BCUT2D eigenvalue weighted by atomic mass is 35.5. The Kier molecular flexibility index (Phi) is 6.16. The van der Waals surface area contributed by atoms with Gasteiger partial charge in [0.15, 0.2) is 4.84 Å². The van der Waals surface area contributed by atoms with Crippen LogP contribution in [0.3, 0.4) is 0 Å². The molecule has 0 fully saturated rings. The van der Waals surface area contributed by atoms with Crippen LogP contribution in [0.4, 0.5) is 5.69 Å². The summed E-state index contributed by atoms with van der Waals surface area (Å²) in [7, 11) is 0. The van der Waals surface area contributed by atoms with Crippen molar-refractivity contribution in [2.24, 2.45) is 0 Å². The molecule has 1 aromatic carbocycles. The SMILES string of the molecule is CCCCOc1ccc(NC(=O)C(Cl)Cl)cc1. The molecular formula is C12H15Cl2NO2. The minimum absolute atomic E-state index is 0.437. The van der Waals surface area contributed by atoms with Gasteiger partial charge in [-0.05, 0) is 30.7 Å². The number of unbranched alkanes of at least 4 members (excludes halogenated alkanes) is 1. The molecule has 0 heterocycles. The molecular weight excluding hydrogens is 261 g/mol. The number of nitrogens with one attached hydrogen (secondary N) is 1. The first-order valence-corrected chi connectivity index (χ1v) is 6.32. The number of hydrogen-bond donors (Lipinski definition) is 1. The summed E-state index contributed by atoms with van der Waals surface area (Å²) in [5, 5.41) is 2.58. The van der Waals surface area contributed by atoms with E-state index in [1.807, 2.05) is 0 Å². The lowest BCUT2D eigenvalue weighted by atomic mass is 10.3. The fourth-order valence-corrected chi connectivity index (χ4v) is 1.27. The second-order valence-corrected chi connectivity index (χ2v) is 4.61. The Morgan fingerprint density at radius 3 is 2.53 bits per heavy atom. The Morgan fingerprint density at radius 2 is 2.00 bits per heavy atom. The van der Waals surface area contributed by atoms with Crippen LogP contribution in [0.5, 0.6) is 5.75 Å². The zero-order valence-electron chi connectivity index (χ0n) is 9.58. The minimum Gasteiger partial charge on any atom is -0.494 e. The van der Waals surface area contributed by atoms with Crippen LogP contribution in [-0.4, -0.2) is 17.4 Å². The van der Waals surface area contributed by atoms with Gasteiger partial charge in [-0.25, -0.2) is 0 Å². The molecule has 1 aromatic rings. The van der Waals surface area contributed by atoms with Crippen LogP contribution < -0.4 is 10.1 Å². The molecule has 1 N–H and O–H groups in total. The average molecular weight is 276 g/mol. The van der Waals surface area contributed by atoms with Crippen molar-refractivity contribution in [2.75, 3.05) is 11.9 Å². The number of hydrogen-bond acceptors (Lipinski definition) is 2. The van der Waals surface area contributed by atoms with Crippen molar-refractivity contribution in [3.63, 3.8) is 0 Å². The van der Waals surface area contributed by atoms with E-state index in [1.165, 1.54) is 0 Å². The maximum Gasteiger partial charge on any atom is 0.257 e. The maximum absolute atomic E-state index is 11.2. The lowest BCUT2D eigenvalue weighted by molar-refractivity contribution is -0.114. The molecule has 0 saturated carbocycles. The fraction of sp³-hybridized carbons (Fsp3) is 0.417. The van der Waals surface area contributed by atoms with Gasteiger partial charge in [0.1, 0.15) is 5.75 Å². The van der Waals surface area contributed by atoms with Gasteiger partial charge in [0.05, 0.1) is 6.61 Å². The molecule has 0 aliphatic heterocycles. The van der Waals surface area contributed by atoms with E-state index in [0.29, 0.717) is 12.3 Å². The van der Waals surface area contributed by atoms with E-state index in [-0.39, 0.29) is 0 Å². The van der Waals surface area contributed by atoms with E-state index in [4.69, 9.17) is 27.9 Å². The summed E-state index contributed by atoms with van der Waals surface area (Å²) in [5.74, 6) is 0.345. The van der Waals surface area contributed by atoms with Crippen molar-refractivity contribution in [2.45, 2.75) is 24.6 Å². The second kappa shape index (κ2) is 7.41. The number of halogens is 2. The number of amides is 1. The largest absolute Gasteiger partial charge is 0.494 e. The van der Waals surface area contributed by atoms with Crippen molar-refractivity contribution in [3.8, 4) is 5.75 Å². The molecule has 0 aromatic heterocycles. The molecule has 1 rings (SSSR count). The van der Waals surface area contributed by atoms with Crippen molar-refractivity contribution in [1.82, 2.24) is 0 Å². The standard InChI is InChI=1S/C12H15Cl2NO2/c1-2-3-8-17-10-6-4-9(5-7-10)15-12(16)11(13)14/h4-7,11H,2-3,8H2,1H3,(H,15,16). The number of carbonyl (C=O) groups excluding carboxylic acids is 1. The number of alkyl halides is 2. The second-order valence-electron chi connectivity index (χ2n) is 3.52. The van der Waals surface area contributed by atoms with E-state index in [1.54, 1.807) is 24.3 Å². The van der Waals surface area contributed by atoms with Gasteiger partial charge in [-0.1, -0.05) is 36.5 Å². The Labute approximate surface area is 111 Å². The van der Waals surface area contributed by atoms with E-state index in [2.05, 4.69) is 12.2 Å². The van der Waals surface area contributed by atoms with E-state index >= 15 is 0 Å². The summed E-state index contributed by atoms with van der Waals surface area (Å²) in [6.45, 7) is 2.81. The molecule has 5 heteroatoms. The zero-order chi connectivity index (χ0) is 12.7. The first-order chi connectivity index (χ1) is 8.13. The maximum atomic E-state index is 11.2. The molecule has 94 valence electrons. The van der Waals surface area contributed by atoms with Gasteiger partial charge in [0, 0.05) is 5.69 Å². The summed E-state index contributed by atoms with van der Waals surface area (Å²) < 4.78 is 5.49. The predicted octanol–water partition coefficient (Wildman–Crippen LogP) is 3.61. The van der Waals surface area contributed by atoms with Gasteiger partial charge in [-0.3, -0.25) is 4.79 Å². The van der Waals surface area contributed by atoms with Crippen LogP contribution in [0.1, 0.15) is 19.8 Å². The first-order valence-electron chi connectivity index (χ1n) is 5.45. The van der Waals surface area contributed by atoms with Crippen LogP contribution in [0.15, 0.2) is 24.3 Å². The molecule has 0 atom stereocenters. The van der Waals surface area contributed by atoms with E-state index in [9.17, 15) is 4.79 Å². The van der Waals surface area contributed by atoms with Crippen molar-refractivity contribution in [1.29, 1.82) is 0 Å². The molecule has 1 amide bonds. The summed E-state index contributed by atoms with van der Waals surface area (Å²) in [6.07, 6.45) is 2.12. The minimum atomic E-state index is -1.06. The summed E-state index contributed by atoms with van der Waals surface area (Å²) in [6, 6.07) is 7.08. The average Bonchev–Trinajstić information content (AvgIpc) is 2.31. The third kappa shape index (κ3) is 5.29. The number of rotatable bonds is 6. The van der Waals surface area contributed by atoms with Crippen LogP contribution in [0.2, 0.25) is 0 Å². The molecule has 0 unspecified atom stereocenters. The lowest BCUT2D eigenvalue weighted by Crippen LogP contribution is -2.18. The van der Waals surface area contributed by atoms with Crippen molar-refractivity contribution >= 4 is 34.8 Å². The van der Waals surface area contributed by atoms with Gasteiger partial charge in [-0.2, -0.15) is 0 Å². The zero-order valence-corrected chi connectivity index (χ0v) is 11.1. The molecule has 0 bridgehead atoms. The topological polar surface area (TPSA) is 38.3 Å². The van der Waals surface area contributed by atoms with Crippen LogP contribution in [0.25, 0.3) is 0 Å². The van der Waals surface area contributed by atoms with Gasteiger partial charge in [0.25, 0.3) is 5.91 Å². The van der Waals surface area contributed by atoms with Crippen molar-refractivity contribution < 1.29 is 9.53 Å². The third-order valence-corrected chi connectivity index (χ3v) is 2.48. The van der Waals surface area contributed by atoms with Crippen molar-refractivity contribution in [3.05, 3.63) is 24.3 Å². The van der Waals surface area contributed by atoms with Gasteiger partial charge >= 0.3 is 0 Å². The molecule has 17 heavy (non-hydrogen) atoms. The third-order valence-electron chi connectivity index (χ3n) is 2.09. The Bertz CT molecular complexity index is 352. The fourth-order valence-electron chi connectivity index (χ4n) is 1.17. The van der Waals surface area contributed by atoms with Crippen LogP contribution in [0, 0.1) is 0 Å². The smallest absolute Gasteiger partial charge is 0.257 e. The quantitative estimate of drug-likeness (QED) is 0.636. The van der Waals surface area contributed by atoms with Crippen LogP contribution in [-0.2, 0) is 4.79 Å². The number of benzene rings is 1. The summed E-state index contributed by atoms with van der Waals surface area (Å²) in [5.41, 5.74) is 0.643.